The first-order chi connectivity index (χ1) is 7.91. The number of hydrogen-bond donors (Lipinski definition) is 1. The standard InChI is InChI=1S/C14H26N2O/c1-10(2)13(16(5)6)9-15-12(4)14-8-7-11(3)17-14/h7-8,10,12-13,15H,9H2,1-6H3. The Morgan fingerprint density at radius 3 is 2.29 bits per heavy atom. The zero-order valence-corrected chi connectivity index (χ0v) is 11.9. The van der Waals surface area contributed by atoms with Crippen molar-refractivity contribution in [3.63, 3.8) is 0 Å². The molecular formula is C14H26N2O. The number of nitrogens with one attached hydrogen (secondary N) is 1. The van der Waals surface area contributed by atoms with Gasteiger partial charge in [0, 0.05) is 12.6 Å². The molecule has 0 spiro atoms. The zero-order valence-electron chi connectivity index (χ0n) is 11.9. The third-order valence-electron chi connectivity index (χ3n) is 3.25. The molecule has 0 aliphatic rings. The van der Waals surface area contributed by atoms with Gasteiger partial charge in [-0.2, -0.15) is 0 Å². The minimum Gasteiger partial charge on any atom is -0.465 e. The van der Waals surface area contributed by atoms with Crippen molar-refractivity contribution in [1.82, 2.24) is 10.2 Å². The topological polar surface area (TPSA) is 28.4 Å². The maximum atomic E-state index is 5.62. The van der Waals surface area contributed by atoms with Crippen molar-refractivity contribution >= 4 is 0 Å². The third kappa shape index (κ3) is 4.17. The molecule has 1 N–H and O–H groups in total. The summed E-state index contributed by atoms with van der Waals surface area (Å²) < 4.78 is 5.62. The Bertz CT molecular complexity index is 323. The molecule has 98 valence electrons. The largest absolute Gasteiger partial charge is 0.465 e. The quantitative estimate of drug-likeness (QED) is 0.826. The highest BCUT2D eigenvalue weighted by atomic mass is 16.3. The maximum absolute atomic E-state index is 5.62. The fourth-order valence-electron chi connectivity index (χ4n) is 2.10. The number of hydrogen-bond acceptors (Lipinski definition) is 3. The van der Waals surface area contributed by atoms with Crippen LogP contribution >= 0.6 is 0 Å². The first kappa shape index (κ1) is 14.3. The molecule has 0 aromatic carbocycles. The molecule has 1 heterocycles. The van der Waals surface area contributed by atoms with Gasteiger partial charge in [-0.25, -0.2) is 0 Å². The van der Waals surface area contributed by atoms with Crippen LogP contribution in [0.3, 0.4) is 0 Å². The van der Waals surface area contributed by atoms with Gasteiger partial charge in [0.1, 0.15) is 11.5 Å². The lowest BCUT2D eigenvalue weighted by Gasteiger charge is -2.29. The fourth-order valence-corrected chi connectivity index (χ4v) is 2.10. The SMILES string of the molecule is Cc1ccc(C(C)NCC(C(C)C)N(C)C)o1. The fraction of sp³-hybridized carbons (Fsp3) is 0.714. The summed E-state index contributed by atoms with van der Waals surface area (Å²) in [5.41, 5.74) is 0. The second-order valence-corrected chi connectivity index (χ2v) is 5.35. The minimum absolute atomic E-state index is 0.268. The summed E-state index contributed by atoms with van der Waals surface area (Å²) in [6.45, 7) is 9.62. The van der Waals surface area contributed by atoms with E-state index in [1.807, 2.05) is 19.1 Å². The van der Waals surface area contributed by atoms with E-state index in [-0.39, 0.29) is 6.04 Å². The Hall–Kier alpha value is -0.800. The molecule has 0 saturated carbocycles. The normalized spacial score (nSPS) is 15.5. The van der Waals surface area contributed by atoms with E-state index >= 15 is 0 Å². The van der Waals surface area contributed by atoms with Crippen molar-refractivity contribution in [3.05, 3.63) is 23.7 Å². The van der Waals surface area contributed by atoms with Gasteiger partial charge in [0.15, 0.2) is 0 Å². The molecule has 0 radical (unpaired) electrons. The van der Waals surface area contributed by atoms with Gasteiger partial charge in [0.05, 0.1) is 6.04 Å². The lowest BCUT2D eigenvalue weighted by atomic mass is 10.0. The molecule has 0 saturated heterocycles. The molecule has 2 unspecified atom stereocenters. The smallest absolute Gasteiger partial charge is 0.120 e. The first-order valence-electron chi connectivity index (χ1n) is 6.38. The van der Waals surface area contributed by atoms with Gasteiger partial charge in [-0.3, -0.25) is 0 Å². The Labute approximate surface area is 105 Å². The van der Waals surface area contributed by atoms with Crippen LogP contribution < -0.4 is 5.32 Å². The number of rotatable bonds is 6. The molecule has 0 aliphatic heterocycles. The summed E-state index contributed by atoms with van der Waals surface area (Å²) in [4.78, 5) is 2.28. The average Bonchev–Trinajstić information content (AvgIpc) is 2.63. The molecular weight excluding hydrogens is 212 g/mol. The molecule has 2 atom stereocenters. The van der Waals surface area contributed by atoms with E-state index in [0.29, 0.717) is 12.0 Å². The number of nitrogens with zero attached hydrogens (tertiary/aromatic N) is 1. The molecule has 0 amide bonds. The van der Waals surface area contributed by atoms with Crippen LogP contribution in [0.2, 0.25) is 0 Å². The van der Waals surface area contributed by atoms with Crippen LogP contribution in [0.1, 0.15) is 38.3 Å². The van der Waals surface area contributed by atoms with Crippen molar-refractivity contribution < 1.29 is 4.42 Å². The summed E-state index contributed by atoms with van der Waals surface area (Å²) in [7, 11) is 4.27. The van der Waals surface area contributed by atoms with E-state index in [4.69, 9.17) is 4.42 Å². The summed E-state index contributed by atoms with van der Waals surface area (Å²) in [5, 5.41) is 3.54. The van der Waals surface area contributed by atoms with E-state index in [0.717, 1.165) is 18.1 Å². The van der Waals surface area contributed by atoms with Crippen molar-refractivity contribution in [2.45, 2.75) is 39.8 Å². The van der Waals surface area contributed by atoms with Crippen molar-refractivity contribution in [2.24, 2.45) is 5.92 Å². The number of likely N-dealkylation sites (N-methyl/N-ethyl adjacent to an activating group) is 1. The predicted octanol–water partition coefficient (Wildman–Crippen LogP) is 2.82. The highest BCUT2D eigenvalue weighted by Crippen LogP contribution is 2.16. The van der Waals surface area contributed by atoms with Crippen LogP contribution in [0.5, 0.6) is 0 Å². The Morgan fingerprint density at radius 1 is 1.24 bits per heavy atom. The molecule has 17 heavy (non-hydrogen) atoms. The van der Waals surface area contributed by atoms with E-state index in [2.05, 4.69) is 45.1 Å². The van der Waals surface area contributed by atoms with Crippen LogP contribution in [-0.2, 0) is 0 Å². The van der Waals surface area contributed by atoms with E-state index in [1.54, 1.807) is 0 Å². The van der Waals surface area contributed by atoms with Gasteiger partial charge in [-0.05, 0) is 46.0 Å². The number of furan rings is 1. The predicted molar refractivity (Wildman–Crippen MR) is 72.2 cm³/mol. The van der Waals surface area contributed by atoms with E-state index in [1.165, 1.54) is 0 Å². The second kappa shape index (κ2) is 6.22. The number of aryl methyl sites for hydroxylation is 1. The Balaban J connectivity index is 2.49. The Kier molecular flexibility index (Phi) is 5.22. The molecule has 0 bridgehead atoms. The van der Waals surface area contributed by atoms with Crippen LogP contribution in [0.25, 0.3) is 0 Å². The van der Waals surface area contributed by atoms with Gasteiger partial charge >= 0.3 is 0 Å². The van der Waals surface area contributed by atoms with Gasteiger partial charge in [0.2, 0.25) is 0 Å². The van der Waals surface area contributed by atoms with Crippen LogP contribution in [0.4, 0.5) is 0 Å². The van der Waals surface area contributed by atoms with Crippen LogP contribution in [0, 0.1) is 12.8 Å². The van der Waals surface area contributed by atoms with Crippen LogP contribution in [0.15, 0.2) is 16.5 Å². The summed E-state index contributed by atoms with van der Waals surface area (Å²) in [5.74, 6) is 2.63. The van der Waals surface area contributed by atoms with E-state index < -0.39 is 0 Å². The lowest BCUT2D eigenvalue weighted by molar-refractivity contribution is 0.217. The molecule has 1 aromatic rings. The first-order valence-corrected chi connectivity index (χ1v) is 6.38. The maximum Gasteiger partial charge on any atom is 0.120 e. The summed E-state index contributed by atoms with van der Waals surface area (Å²) in [6.07, 6.45) is 0. The lowest BCUT2D eigenvalue weighted by Crippen LogP contribution is -2.42. The Morgan fingerprint density at radius 2 is 1.88 bits per heavy atom. The molecule has 3 heteroatoms. The van der Waals surface area contributed by atoms with E-state index in [9.17, 15) is 0 Å². The molecule has 0 aliphatic carbocycles. The second-order valence-electron chi connectivity index (χ2n) is 5.35. The highest BCUT2D eigenvalue weighted by Gasteiger charge is 2.17. The van der Waals surface area contributed by atoms with Gasteiger partial charge < -0.3 is 14.6 Å². The zero-order chi connectivity index (χ0) is 13.0. The minimum atomic E-state index is 0.268. The van der Waals surface area contributed by atoms with Crippen molar-refractivity contribution in [2.75, 3.05) is 20.6 Å². The van der Waals surface area contributed by atoms with Gasteiger partial charge in [0.25, 0.3) is 0 Å². The van der Waals surface area contributed by atoms with Crippen molar-refractivity contribution in [3.8, 4) is 0 Å². The monoisotopic (exact) mass is 238 g/mol. The molecule has 0 fully saturated rings. The molecule has 3 nitrogen and oxygen atoms in total. The average molecular weight is 238 g/mol. The molecule has 1 rings (SSSR count). The van der Waals surface area contributed by atoms with Gasteiger partial charge in [-0.15, -0.1) is 0 Å². The van der Waals surface area contributed by atoms with Crippen molar-refractivity contribution in [1.29, 1.82) is 0 Å². The van der Waals surface area contributed by atoms with Gasteiger partial charge in [-0.1, -0.05) is 13.8 Å². The summed E-state index contributed by atoms with van der Waals surface area (Å²) in [6, 6.07) is 4.88. The van der Waals surface area contributed by atoms with Crippen LogP contribution in [-0.4, -0.2) is 31.6 Å². The summed E-state index contributed by atoms with van der Waals surface area (Å²) >= 11 is 0. The third-order valence-corrected chi connectivity index (χ3v) is 3.25. The molecule has 1 aromatic heterocycles. The highest BCUT2D eigenvalue weighted by molar-refractivity contribution is 5.08.